The van der Waals surface area contributed by atoms with E-state index in [1.54, 1.807) is 5.94 Å². The summed E-state index contributed by atoms with van der Waals surface area (Å²) >= 11 is 5.59. The fourth-order valence-corrected chi connectivity index (χ4v) is 1.53. The summed E-state index contributed by atoms with van der Waals surface area (Å²) in [6, 6.07) is 4.12. The third-order valence-corrected chi connectivity index (χ3v) is 2.48. The monoisotopic (exact) mass is 256 g/mol. The van der Waals surface area contributed by atoms with Gasteiger partial charge in [-0.2, -0.15) is 0 Å². The summed E-state index contributed by atoms with van der Waals surface area (Å²) in [5.41, 5.74) is 0.982. The van der Waals surface area contributed by atoms with Gasteiger partial charge in [0, 0.05) is 18.4 Å². The molecule has 0 unspecified atom stereocenters. The van der Waals surface area contributed by atoms with E-state index in [-0.39, 0.29) is 24.3 Å². The summed E-state index contributed by atoms with van der Waals surface area (Å²) in [5.74, 6) is 0.200. The minimum atomic E-state index is -0.977. The van der Waals surface area contributed by atoms with Crippen LogP contribution in [0.3, 0.4) is 0 Å². The molecule has 5 heteroatoms. The van der Waals surface area contributed by atoms with Crippen molar-refractivity contribution >= 4 is 23.5 Å². The highest BCUT2D eigenvalue weighted by atomic mass is 35.5. The van der Waals surface area contributed by atoms with Gasteiger partial charge in [-0.15, -0.1) is 0 Å². The predicted molar refractivity (Wildman–Crippen MR) is 61.2 cm³/mol. The minimum absolute atomic E-state index is 0.0222. The van der Waals surface area contributed by atoms with E-state index in [0.717, 1.165) is 0 Å². The molecule has 0 saturated heterocycles. The van der Waals surface area contributed by atoms with Crippen LogP contribution in [0, 0.1) is 5.82 Å². The Morgan fingerprint density at radius 1 is 1.41 bits per heavy atom. The summed E-state index contributed by atoms with van der Waals surface area (Å²) in [7, 11) is 0. The molecule has 0 bridgehead atoms. The lowest BCUT2D eigenvalue weighted by atomic mass is 10.0. The molecule has 17 heavy (non-hydrogen) atoms. The Bertz CT molecular complexity index is 479. The number of aliphatic carboxylic acids is 1. The number of carbonyl (C=O) groups is 1. The van der Waals surface area contributed by atoms with Crippen LogP contribution in [0.15, 0.2) is 23.8 Å². The van der Waals surface area contributed by atoms with Gasteiger partial charge < -0.3 is 5.11 Å². The lowest BCUT2D eigenvalue weighted by Crippen LogP contribution is -1.99. The van der Waals surface area contributed by atoms with Crippen LogP contribution in [-0.4, -0.2) is 17.0 Å². The highest BCUT2D eigenvalue weighted by molar-refractivity contribution is 6.30. The maximum Gasteiger partial charge on any atom is 0.303 e. The van der Waals surface area contributed by atoms with Crippen molar-refractivity contribution in [2.45, 2.75) is 19.3 Å². The van der Waals surface area contributed by atoms with Crippen molar-refractivity contribution in [1.29, 1.82) is 0 Å². The number of hydrogen-bond acceptors (Lipinski definition) is 2. The number of carboxylic acids is 1. The third-order valence-electron chi connectivity index (χ3n) is 2.19. The minimum Gasteiger partial charge on any atom is -0.481 e. The molecule has 0 fully saturated rings. The molecule has 3 nitrogen and oxygen atoms in total. The molecule has 1 aromatic rings. The Kier molecular flexibility index (Phi) is 4.88. The first kappa shape index (κ1) is 13.4. The van der Waals surface area contributed by atoms with Gasteiger partial charge in [-0.1, -0.05) is 17.7 Å². The molecule has 0 spiro atoms. The maximum absolute atomic E-state index is 12.9. The fraction of sp³-hybridized carbons (Fsp3) is 0.250. The third kappa shape index (κ3) is 4.39. The number of hydrogen-bond donors (Lipinski definition) is 1. The van der Waals surface area contributed by atoms with Crippen LogP contribution in [-0.2, 0) is 16.0 Å². The summed E-state index contributed by atoms with van der Waals surface area (Å²) in [6.45, 7) is 0. The molecule has 0 aliphatic heterocycles. The van der Waals surface area contributed by atoms with Crippen molar-refractivity contribution in [3.8, 4) is 0 Å². The first-order chi connectivity index (χ1) is 8.02. The fourth-order valence-electron chi connectivity index (χ4n) is 1.33. The van der Waals surface area contributed by atoms with Crippen molar-refractivity contribution in [1.82, 2.24) is 0 Å². The van der Waals surface area contributed by atoms with Gasteiger partial charge >= 0.3 is 5.97 Å². The molecular weight excluding hydrogens is 247 g/mol. The van der Waals surface area contributed by atoms with Crippen LogP contribution in [0.2, 0.25) is 5.02 Å². The van der Waals surface area contributed by atoms with Crippen LogP contribution in [0.25, 0.3) is 0 Å². The van der Waals surface area contributed by atoms with E-state index >= 15 is 0 Å². The van der Waals surface area contributed by atoms with Crippen LogP contribution in [0.4, 0.5) is 4.39 Å². The molecule has 1 rings (SSSR count). The normalized spacial score (nSPS) is 9.76. The van der Waals surface area contributed by atoms with Crippen LogP contribution < -0.4 is 0 Å². The summed E-state index contributed by atoms with van der Waals surface area (Å²) in [5, 5.41) is 8.47. The molecule has 90 valence electrons. The summed E-state index contributed by atoms with van der Waals surface area (Å²) in [6.07, 6.45) is 0.240. The van der Waals surface area contributed by atoms with Gasteiger partial charge in [-0.25, -0.2) is 9.18 Å². The van der Waals surface area contributed by atoms with Gasteiger partial charge in [0.1, 0.15) is 11.8 Å². The Balaban J connectivity index is 2.71. The van der Waals surface area contributed by atoms with Crippen LogP contribution >= 0.6 is 11.6 Å². The summed E-state index contributed by atoms with van der Waals surface area (Å²) < 4.78 is 12.9. The lowest BCUT2D eigenvalue weighted by Gasteiger charge is -2.03. The average molecular weight is 257 g/mol. The Hall–Kier alpha value is -1.64. The van der Waals surface area contributed by atoms with E-state index in [4.69, 9.17) is 16.7 Å². The van der Waals surface area contributed by atoms with Crippen molar-refractivity contribution in [2.24, 2.45) is 0 Å². The molecule has 1 aromatic carbocycles. The van der Waals surface area contributed by atoms with Gasteiger partial charge in [0.05, 0.1) is 5.02 Å². The van der Waals surface area contributed by atoms with Crippen molar-refractivity contribution in [2.75, 3.05) is 0 Å². The van der Waals surface area contributed by atoms with Gasteiger partial charge in [0.2, 0.25) is 0 Å². The topological polar surface area (TPSA) is 54.4 Å². The maximum atomic E-state index is 12.9. The standard InChI is InChI=1S/C12H10ClFO3/c13-10-6-8(1-3-11(10)14)5-9(7-15)2-4-12(16)17/h1,3,6H,2,4-5H2,(H,16,17). The first-order valence-electron chi connectivity index (χ1n) is 4.91. The van der Waals surface area contributed by atoms with E-state index in [2.05, 4.69) is 0 Å². The van der Waals surface area contributed by atoms with E-state index in [1.165, 1.54) is 18.2 Å². The Labute approximate surface area is 103 Å². The largest absolute Gasteiger partial charge is 0.481 e. The number of carbonyl (C=O) groups excluding carboxylic acids is 1. The second-order valence-electron chi connectivity index (χ2n) is 3.52. The highest BCUT2D eigenvalue weighted by Gasteiger charge is 2.07. The van der Waals surface area contributed by atoms with Gasteiger partial charge in [0.25, 0.3) is 0 Å². The smallest absolute Gasteiger partial charge is 0.303 e. The van der Waals surface area contributed by atoms with E-state index in [9.17, 15) is 14.0 Å². The zero-order valence-electron chi connectivity index (χ0n) is 8.87. The molecule has 0 radical (unpaired) electrons. The predicted octanol–water partition coefficient (Wildman–Crippen LogP) is 2.64. The van der Waals surface area contributed by atoms with Crippen molar-refractivity contribution in [3.05, 3.63) is 40.2 Å². The number of halogens is 2. The van der Waals surface area contributed by atoms with Crippen molar-refractivity contribution in [3.63, 3.8) is 0 Å². The highest BCUT2D eigenvalue weighted by Crippen LogP contribution is 2.18. The number of rotatable bonds is 5. The second-order valence-corrected chi connectivity index (χ2v) is 3.93. The molecular formula is C12H10ClFO3. The molecule has 0 amide bonds. The summed E-state index contributed by atoms with van der Waals surface area (Å²) in [4.78, 5) is 21.0. The van der Waals surface area contributed by atoms with Gasteiger partial charge in [0.15, 0.2) is 0 Å². The van der Waals surface area contributed by atoms with E-state index in [0.29, 0.717) is 11.1 Å². The molecule has 1 N–H and O–H groups in total. The van der Waals surface area contributed by atoms with Crippen molar-refractivity contribution < 1.29 is 19.1 Å². The van der Waals surface area contributed by atoms with Gasteiger partial charge in [-0.3, -0.25) is 4.79 Å². The van der Waals surface area contributed by atoms with Gasteiger partial charge in [-0.05, 0) is 24.1 Å². The number of benzene rings is 1. The zero-order chi connectivity index (χ0) is 12.8. The first-order valence-corrected chi connectivity index (χ1v) is 5.29. The molecule has 0 saturated carbocycles. The molecule has 0 aromatic heterocycles. The van der Waals surface area contributed by atoms with E-state index < -0.39 is 11.8 Å². The van der Waals surface area contributed by atoms with E-state index in [1.807, 2.05) is 0 Å². The Morgan fingerprint density at radius 3 is 2.65 bits per heavy atom. The molecule has 0 heterocycles. The quantitative estimate of drug-likeness (QED) is 0.824. The average Bonchev–Trinajstić information content (AvgIpc) is 2.28. The second kappa shape index (κ2) is 6.18. The lowest BCUT2D eigenvalue weighted by molar-refractivity contribution is -0.136. The number of allylic oxidation sites excluding steroid dienone is 1. The zero-order valence-corrected chi connectivity index (χ0v) is 9.63. The molecule has 0 atom stereocenters. The molecule has 0 aliphatic carbocycles. The SMILES string of the molecule is O=C=C(CCC(=O)O)Cc1ccc(F)c(Cl)c1. The molecule has 0 aliphatic rings. The van der Waals surface area contributed by atoms with Crippen LogP contribution in [0.5, 0.6) is 0 Å². The number of carboxylic acid groups (broad SMARTS) is 1. The van der Waals surface area contributed by atoms with Crippen LogP contribution in [0.1, 0.15) is 18.4 Å². The Morgan fingerprint density at radius 2 is 2.12 bits per heavy atom.